The number of ether oxygens (including phenoxy) is 4. The van der Waals surface area contributed by atoms with Crippen LogP contribution in [0.3, 0.4) is 0 Å². The van der Waals surface area contributed by atoms with Gasteiger partial charge >= 0.3 is 0 Å². The van der Waals surface area contributed by atoms with Gasteiger partial charge < -0.3 is 18.9 Å². The maximum Gasteiger partial charge on any atom is 0.0637 e. The van der Waals surface area contributed by atoms with Crippen molar-refractivity contribution in [2.75, 3.05) is 122 Å². The summed E-state index contributed by atoms with van der Waals surface area (Å²) in [4.78, 5) is 0. The summed E-state index contributed by atoms with van der Waals surface area (Å²) in [5.41, 5.74) is -0.285. The third kappa shape index (κ3) is 28.5. The van der Waals surface area contributed by atoms with Gasteiger partial charge in [0.1, 0.15) is 0 Å². The zero-order valence-electron chi connectivity index (χ0n) is 22.5. The molecule has 0 aromatic heterocycles. The number of thiol groups is 4. The second-order valence-electron chi connectivity index (χ2n) is 8.47. The summed E-state index contributed by atoms with van der Waals surface area (Å²) < 4.78 is 24.8. The van der Waals surface area contributed by atoms with Crippen LogP contribution in [0, 0.1) is 5.41 Å². The Morgan fingerprint density at radius 1 is 0.378 bits per heavy atom. The second-order valence-corrected chi connectivity index (χ2v) is 15.2. The van der Waals surface area contributed by atoms with Gasteiger partial charge in [0, 0.05) is 49.4 Å². The summed E-state index contributed by atoms with van der Waals surface area (Å²) >= 11 is 24.9. The molecule has 0 radical (unpaired) electrons. The van der Waals surface area contributed by atoms with Gasteiger partial charge in [-0.25, -0.2) is 0 Å². The molecule has 0 aromatic carbocycles. The molecule has 0 heterocycles. The predicted molar refractivity (Wildman–Crippen MR) is 189 cm³/mol. The average molecular weight is 673 g/mol. The molecule has 0 saturated heterocycles. The molecule has 0 spiro atoms. The lowest BCUT2D eigenvalue weighted by Crippen LogP contribution is -2.42. The normalized spacial score (nSPS) is 12.0. The smallest absolute Gasteiger partial charge is 0.0637 e. The fourth-order valence-corrected chi connectivity index (χ4v) is 7.29. The van der Waals surface area contributed by atoms with Gasteiger partial charge in [0.05, 0.1) is 31.8 Å². The summed E-state index contributed by atoms with van der Waals surface area (Å²) in [5, 5.41) is 0. The SMILES string of the molecule is SCCSCCCOCC(COCCCSCCS)(COCCCSCCS)COCCCSCCS. The highest BCUT2D eigenvalue weighted by Gasteiger charge is 2.32. The Balaban J connectivity index is 4.78. The largest absolute Gasteiger partial charge is 0.381 e. The van der Waals surface area contributed by atoms with Crippen LogP contribution < -0.4 is 0 Å². The number of thioether (sulfide) groups is 4. The van der Waals surface area contributed by atoms with Crippen LogP contribution in [0.15, 0.2) is 0 Å². The van der Waals surface area contributed by atoms with Crippen molar-refractivity contribution in [3.8, 4) is 0 Å². The van der Waals surface area contributed by atoms with Crippen molar-refractivity contribution in [3.63, 3.8) is 0 Å². The quantitative estimate of drug-likeness (QED) is 0.0494. The van der Waals surface area contributed by atoms with Gasteiger partial charge in [0.15, 0.2) is 0 Å². The number of hydrogen-bond donors (Lipinski definition) is 4. The molecule has 37 heavy (non-hydrogen) atoms. The topological polar surface area (TPSA) is 36.9 Å². The van der Waals surface area contributed by atoms with Gasteiger partial charge in [-0.1, -0.05) is 0 Å². The molecule has 0 rings (SSSR count). The molecular formula is C25H52O4S8. The Hall–Kier alpha value is 2.64. The standard InChI is InChI=1S/C25H52O4S8/c30-9-17-34-13-1-5-26-21-25(22-27-6-2-14-35-18-10-31,23-28-7-3-15-36-19-11-32)24-29-8-4-16-37-20-12-33/h30-33H,1-24H2. The minimum atomic E-state index is -0.285. The van der Waals surface area contributed by atoms with Gasteiger partial charge in [0.25, 0.3) is 0 Å². The molecule has 224 valence electrons. The van der Waals surface area contributed by atoms with Crippen molar-refractivity contribution in [2.24, 2.45) is 5.41 Å². The van der Waals surface area contributed by atoms with Crippen molar-refractivity contribution < 1.29 is 18.9 Å². The van der Waals surface area contributed by atoms with Gasteiger partial charge in [-0.05, 0) is 71.7 Å². The van der Waals surface area contributed by atoms with Crippen LogP contribution in [-0.2, 0) is 18.9 Å². The van der Waals surface area contributed by atoms with Crippen LogP contribution in [0.1, 0.15) is 25.7 Å². The van der Waals surface area contributed by atoms with Crippen molar-refractivity contribution >= 4 is 97.6 Å². The Labute approximate surface area is 267 Å². The molecule has 4 nitrogen and oxygen atoms in total. The highest BCUT2D eigenvalue weighted by molar-refractivity contribution is 8.00. The first-order valence-electron chi connectivity index (χ1n) is 13.3. The summed E-state index contributed by atoms with van der Waals surface area (Å²) in [7, 11) is 0. The molecule has 0 amide bonds. The monoisotopic (exact) mass is 672 g/mol. The maximum atomic E-state index is 6.20. The van der Waals surface area contributed by atoms with E-state index in [9.17, 15) is 0 Å². The maximum absolute atomic E-state index is 6.20. The van der Waals surface area contributed by atoms with Crippen LogP contribution in [-0.4, -0.2) is 122 Å². The van der Waals surface area contributed by atoms with Gasteiger partial charge in [-0.2, -0.15) is 97.6 Å². The van der Waals surface area contributed by atoms with E-state index in [-0.39, 0.29) is 5.41 Å². The minimum absolute atomic E-state index is 0.285. The molecule has 0 aliphatic carbocycles. The van der Waals surface area contributed by atoms with Crippen molar-refractivity contribution in [2.45, 2.75) is 25.7 Å². The number of hydrogen-bond acceptors (Lipinski definition) is 12. The molecule has 0 bridgehead atoms. The van der Waals surface area contributed by atoms with Gasteiger partial charge in [0.2, 0.25) is 0 Å². The van der Waals surface area contributed by atoms with E-state index in [1.165, 1.54) is 0 Å². The summed E-state index contributed by atoms with van der Waals surface area (Å²) in [5.74, 6) is 12.5. The van der Waals surface area contributed by atoms with Crippen molar-refractivity contribution in [3.05, 3.63) is 0 Å². The molecular weight excluding hydrogens is 621 g/mol. The van der Waals surface area contributed by atoms with E-state index in [0.29, 0.717) is 26.4 Å². The second kappa shape index (κ2) is 33.1. The Kier molecular flexibility index (Phi) is 35.5. The van der Waals surface area contributed by atoms with E-state index < -0.39 is 0 Å². The van der Waals surface area contributed by atoms with E-state index in [2.05, 4.69) is 50.5 Å². The van der Waals surface area contributed by atoms with Gasteiger partial charge in [-0.3, -0.25) is 0 Å². The highest BCUT2D eigenvalue weighted by Crippen LogP contribution is 2.22. The zero-order chi connectivity index (χ0) is 27.1. The molecule has 0 aromatic rings. The summed E-state index contributed by atoms with van der Waals surface area (Å²) in [6.07, 6.45) is 4.18. The van der Waals surface area contributed by atoms with Crippen molar-refractivity contribution in [1.82, 2.24) is 0 Å². The zero-order valence-corrected chi connectivity index (χ0v) is 29.4. The molecule has 0 N–H and O–H groups in total. The molecule has 0 saturated carbocycles. The lowest BCUT2D eigenvalue weighted by atomic mass is 9.92. The van der Waals surface area contributed by atoms with Crippen LogP contribution >= 0.6 is 97.6 Å². The minimum Gasteiger partial charge on any atom is -0.381 e. The molecule has 0 aliphatic rings. The van der Waals surface area contributed by atoms with E-state index in [0.717, 1.165) is 121 Å². The van der Waals surface area contributed by atoms with Crippen LogP contribution in [0.5, 0.6) is 0 Å². The fourth-order valence-electron chi connectivity index (χ4n) is 3.12. The number of rotatable bonds is 32. The highest BCUT2D eigenvalue weighted by atomic mass is 32.2. The lowest BCUT2D eigenvalue weighted by molar-refractivity contribution is -0.106. The van der Waals surface area contributed by atoms with Crippen LogP contribution in [0.2, 0.25) is 0 Å². The van der Waals surface area contributed by atoms with Crippen LogP contribution in [0.25, 0.3) is 0 Å². The molecule has 0 unspecified atom stereocenters. The average Bonchev–Trinajstić information content (AvgIpc) is 2.91. The molecule has 12 heteroatoms. The fraction of sp³-hybridized carbons (Fsp3) is 1.00. The van der Waals surface area contributed by atoms with E-state index >= 15 is 0 Å². The Morgan fingerprint density at radius 2 is 0.622 bits per heavy atom. The molecule has 0 fully saturated rings. The third-order valence-electron chi connectivity index (χ3n) is 4.88. The van der Waals surface area contributed by atoms with Crippen LogP contribution in [0.4, 0.5) is 0 Å². The molecule has 0 aliphatic heterocycles. The first-order chi connectivity index (χ1) is 18.2. The first kappa shape index (κ1) is 39.6. The first-order valence-corrected chi connectivity index (χ1v) is 20.4. The van der Waals surface area contributed by atoms with E-state index in [1.54, 1.807) is 0 Å². The van der Waals surface area contributed by atoms with E-state index in [4.69, 9.17) is 18.9 Å². The molecule has 0 atom stereocenters. The van der Waals surface area contributed by atoms with Crippen molar-refractivity contribution in [1.29, 1.82) is 0 Å². The summed E-state index contributed by atoms with van der Waals surface area (Å²) in [6, 6.07) is 0. The Morgan fingerprint density at radius 3 is 0.838 bits per heavy atom. The predicted octanol–water partition coefficient (Wildman–Crippen LogP) is 6.25. The van der Waals surface area contributed by atoms with E-state index in [1.807, 2.05) is 47.0 Å². The lowest BCUT2D eigenvalue weighted by Gasteiger charge is -2.33. The Bertz CT molecular complexity index is 364. The summed E-state index contributed by atoms with van der Waals surface area (Å²) in [6.45, 7) is 5.40. The third-order valence-corrected chi connectivity index (χ3v) is 11.3. The van der Waals surface area contributed by atoms with Gasteiger partial charge in [-0.15, -0.1) is 0 Å².